The summed E-state index contributed by atoms with van der Waals surface area (Å²) in [5.41, 5.74) is 6.61. The van der Waals surface area contributed by atoms with Crippen molar-refractivity contribution in [3.05, 3.63) is 35.9 Å². The van der Waals surface area contributed by atoms with E-state index in [-0.39, 0.29) is 24.9 Å². The van der Waals surface area contributed by atoms with E-state index in [1.165, 1.54) is 0 Å². The highest BCUT2D eigenvalue weighted by atomic mass is 35.5. The number of halogens is 1. The quantitative estimate of drug-likeness (QED) is 0.631. The van der Waals surface area contributed by atoms with Crippen LogP contribution in [0.5, 0.6) is 0 Å². The Morgan fingerprint density at radius 1 is 1.23 bits per heavy atom. The predicted octanol–water partition coefficient (Wildman–Crippen LogP) is 1.58. The molecule has 1 aromatic rings. The van der Waals surface area contributed by atoms with E-state index in [9.17, 15) is 9.59 Å². The Labute approximate surface area is 137 Å². The summed E-state index contributed by atoms with van der Waals surface area (Å²) in [4.78, 5) is 22.6. The number of amides is 2. The number of unbranched alkanes of at least 4 members (excludes halogenated alkanes) is 1. The summed E-state index contributed by atoms with van der Waals surface area (Å²) in [6.45, 7) is 0.766. The normalized spacial score (nSPS) is 11.0. The third-order valence-electron chi connectivity index (χ3n) is 3.01. The fourth-order valence-corrected chi connectivity index (χ4v) is 1.77. The molecule has 0 aromatic heterocycles. The maximum atomic E-state index is 11.4. The molecule has 22 heavy (non-hydrogen) atoms. The molecule has 124 valence electrons. The Morgan fingerprint density at radius 2 is 1.91 bits per heavy atom. The van der Waals surface area contributed by atoms with E-state index in [0.717, 1.165) is 18.4 Å². The van der Waals surface area contributed by atoms with Crippen molar-refractivity contribution in [1.29, 1.82) is 0 Å². The summed E-state index contributed by atoms with van der Waals surface area (Å²) >= 11 is 0. The van der Waals surface area contributed by atoms with Crippen LogP contribution in [-0.4, -0.2) is 31.6 Å². The number of ether oxygens (including phenoxy) is 1. The molecular formula is C15H24ClN3O3. The Bertz CT molecular complexity index is 443. The molecule has 0 aliphatic rings. The van der Waals surface area contributed by atoms with Crippen LogP contribution in [0.3, 0.4) is 0 Å². The molecule has 0 aliphatic heterocycles. The lowest BCUT2D eigenvalue weighted by atomic mass is 10.1. The number of hydrogen-bond donors (Lipinski definition) is 3. The number of carbonyl (C=O) groups excluding carboxylic acids is 2. The number of hydrogen-bond acceptors (Lipinski definition) is 4. The van der Waals surface area contributed by atoms with E-state index >= 15 is 0 Å². The van der Waals surface area contributed by atoms with Gasteiger partial charge in [0, 0.05) is 13.6 Å². The van der Waals surface area contributed by atoms with Gasteiger partial charge in [-0.3, -0.25) is 4.79 Å². The monoisotopic (exact) mass is 329 g/mol. The smallest absolute Gasteiger partial charge is 0.407 e. The molecule has 0 unspecified atom stereocenters. The Kier molecular flexibility index (Phi) is 10.9. The van der Waals surface area contributed by atoms with E-state index in [1.54, 1.807) is 7.05 Å². The van der Waals surface area contributed by atoms with E-state index in [4.69, 9.17) is 10.5 Å². The van der Waals surface area contributed by atoms with Crippen molar-refractivity contribution in [1.82, 2.24) is 10.6 Å². The minimum atomic E-state index is -0.486. The lowest BCUT2D eigenvalue weighted by Gasteiger charge is -2.10. The highest BCUT2D eigenvalue weighted by Crippen LogP contribution is 2.01. The number of nitrogens with two attached hydrogens (primary N) is 1. The molecule has 0 aliphatic carbocycles. The lowest BCUT2D eigenvalue weighted by molar-refractivity contribution is -0.122. The standard InChI is InChI=1S/C15H23N3O3.ClH/c1-17-14(19)13(16)9-5-6-10-18-15(20)21-11-12-7-3-2-4-8-12;/h2-4,7-8,13H,5-6,9-11,16H2,1H3,(H,17,19)(H,18,20);1H/t13-;/m0./s1. The topological polar surface area (TPSA) is 93.5 Å². The van der Waals surface area contributed by atoms with Crippen LogP contribution in [0.15, 0.2) is 30.3 Å². The molecule has 0 heterocycles. The van der Waals surface area contributed by atoms with Crippen LogP contribution in [0.4, 0.5) is 4.79 Å². The minimum absolute atomic E-state index is 0. The fraction of sp³-hybridized carbons (Fsp3) is 0.467. The van der Waals surface area contributed by atoms with Gasteiger partial charge in [-0.25, -0.2) is 4.79 Å². The molecule has 0 fully saturated rings. The SMILES string of the molecule is CNC(=O)[C@@H](N)CCCCNC(=O)OCc1ccccc1.Cl. The Balaban J connectivity index is 0.00000441. The summed E-state index contributed by atoms with van der Waals surface area (Å²) in [6, 6.07) is 9.01. The van der Waals surface area contributed by atoms with E-state index in [0.29, 0.717) is 13.0 Å². The third-order valence-corrected chi connectivity index (χ3v) is 3.01. The first-order valence-electron chi connectivity index (χ1n) is 7.05. The molecule has 0 bridgehead atoms. The molecule has 4 N–H and O–H groups in total. The summed E-state index contributed by atoms with van der Waals surface area (Å²) < 4.78 is 5.07. The van der Waals surface area contributed by atoms with Gasteiger partial charge in [-0.15, -0.1) is 12.4 Å². The van der Waals surface area contributed by atoms with Crippen LogP contribution in [0.2, 0.25) is 0 Å². The molecule has 0 saturated carbocycles. The van der Waals surface area contributed by atoms with Gasteiger partial charge in [0.25, 0.3) is 0 Å². The predicted molar refractivity (Wildman–Crippen MR) is 87.8 cm³/mol. The average Bonchev–Trinajstić information content (AvgIpc) is 2.52. The second kappa shape index (κ2) is 11.8. The molecule has 2 amide bonds. The van der Waals surface area contributed by atoms with Gasteiger partial charge in [0.1, 0.15) is 6.61 Å². The molecule has 1 rings (SSSR count). The largest absolute Gasteiger partial charge is 0.445 e. The van der Waals surface area contributed by atoms with Crippen LogP contribution in [-0.2, 0) is 16.1 Å². The first-order chi connectivity index (χ1) is 10.1. The number of benzene rings is 1. The molecule has 0 spiro atoms. The lowest BCUT2D eigenvalue weighted by Crippen LogP contribution is -2.38. The fourth-order valence-electron chi connectivity index (χ4n) is 1.77. The highest BCUT2D eigenvalue weighted by molar-refractivity contribution is 5.85. The molecule has 6 nitrogen and oxygen atoms in total. The first-order valence-corrected chi connectivity index (χ1v) is 7.05. The van der Waals surface area contributed by atoms with Gasteiger partial charge in [-0.2, -0.15) is 0 Å². The van der Waals surface area contributed by atoms with E-state index < -0.39 is 12.1 Å². The molecule has 7 heteroatoms. The van der Waals surface area contributed by atoms with Gasteiger partial charge in [-0.05, 0) is 24.8 Å². The molecule has 0 saturated heterocycles. The summed E-state index contributed by atoms with van der Waals surface area (Å²) in [7, 11) is 1.56. The zero-order valence-electron chi connectivity index (χ0n) is 12.7. The second-order valence-corrected chi connectivity index (χ2v) is 4.71. The van der Waals surface area contributed by atoms with Crippen molar-refractivity contribution in [3.63, 3.8) is 0 Å². The van der Waals surface area contributed by atoms with Gasteiger partial charge in [0.15, 0.2) is 0 Å². The summed E-state index contributed by atoms with van der Waals surface area (Å²) in [5, 5.41) is 5.17. The number of alkyl carbamates (subject to hydrolysis) is 1. The molecule has 0 radical (unpaired) electrons. The number of nitrogens with one attached hydrogen (secondary N) is 2. The highest BCUT2D eigenvalue weighted by Gasteiger charge is 2.10. The van der Waals surface area contributed by atoms with Crippen molar-refractivity contribution in [2.75, 3.05) is 13.6 Å². The van der Waals surface area contributed by atoms with Crippen molar-refractivity contribution in [2.24, 2.45) is 5.73 Å². The summed E-state index contributed by atoms with van der Waals surface area (Å²) in [5.74, 6) is -0.162. The zero-order chi connectivity index (χ0) is 15.5. The van der Waals surface area contributed by atoms with Crippen LogP contribution in [0, 0.1) is 0 Å². The van der Waals surface area contributed by atoms with E-state index in [1.807, 2.05) is 30.3 Å². The van der Waals surface area contributed by atoms with Crippen molar-refractivity contribution < 1.29 is 14.3 Å². The first kappa shape index (κ1) is 20.2. The maximum absolute atomic E-state index is 11.4. The van der Waals surface area contributed by atoms with Crippen molar-refractivity contribution >= 4 is 24.4 Å². The Morgan fingerprint density at radius 3 is 2.55 bits per heavy atom. The second-order valence-electron chi connectivity index (χ2n) is 4.71. The number of likely N-dealkylation sites (N-methyl/N-ethyl adjacent to an activating group) is 1. The van der Waals surface area contributed by atoms with Gasteiger partial charge < -0.3 is 21.1 Å². The van der Waals surface area contributed by atoms with Gasteiger partial charge >= 0.3 is 6.09 Å². The summed E-state index contributed by atoms with van der Waals surface area (Å²) in [6.07, 6.45) is 1.69. The van der Waals surface area contributed by atoms with Gasteiger partial charge in [0.05, 0.1) is 6.04 Å². The van der Waals surface area contributed by atoms with Crippen LogP contribution in [0.25, 0.3) is 0 Å². The third kappa shape index (κ3) is 8.49. The Hall–Kier alpha value is -1.79. The molecule has 1 aromatic carbocycles. The number of carbonyl (C=O) groups is 2. The van der Waals surface area contributed by atoms with Gasteiger partial charge in [0.2, 0.25) is 5.91 Å². The van der Waals surface area contributed by atoms with Crippen LogP contribution < -0.4 is 16.4 Å². The van der Waals surface area contributed by atoms with E-state index in [2.05, 4.69) is 10.6 Å². The maximum Gasteiger partial charge on any atom is 0.407 e. The molecular weight excluding hydrogens is 306 g/mol. The average molecular weight is 330 g/mol. The minimum Gasteiger partial charge on any atom is -0.445 e. The van der Waals surface area contributed by atoms with Crippen LogP contribution in [0.1, 0.15) is 24.8 Å². The van der Waals surface area contributed by atoms with Crippen molar-refractivity contribution in [2.45, 2.75) is 31.9 Å². The molecule has 1 atom stereocenters. The zero-order valence-corrected chi connectivity index (χ0v) is 13.5. The van der Waals surface area contributed by atoms with Gasteiger partial charge in [-0.1, -0.05) is 30.3 Å². The van der Waals surface area contributed by atoms with Crippen LogP contribution >= 0.6 is 12.4 Å². The number of rotatable bonds is 8. The van der Waals surface area contributed by atoms with Crippen molar-refractivity contribution in [3.8, 4) is 0 Å².